The molecular weight excluding hydrogens is 332 g/mol. The van der Waals surface area contributed by atoms with Crippen molar-refractivity contribution in [2.24, 2.45) is 0 Å². The smallest absolute Gasteiger partial charge is 0.343 e. The van der Waals surface area contributed by atoms with E-state index in [9.17, 15) is 4.79 Å². The predicted molar refractivity (Wildman–Crippen MR) is 109 cm³/mol. The summed E-state index contributed by atoms with van der Waals surface area (Å²) < 4.78 is 5.42. The Labute approximate surface area is 159 Å². The maximum Gasteiger partial charge on any atom is 0.343 e. The van der Waals surface area contributed by atoms with Gasteiger partial charge in [0.05, 0.1) is 5.56 Å². The van der Waals surface area contributed by atoms with Gasteiger partial charge in [0.2, 0.25) is 0 Å². The fourth-order valence-electron chi connectivity index (χ4n) is 3.17. The minimum atomic E-state index is -0.337. The van der Waals surface area contributed by atoms with Crippen LogP contribution in [0.25, 0.3) is 10.8 Å². The van der Waals surface area contributed by atoms with Gasteiger partial charge in [0, 0.05) is 0 Å². The second-order valence-electron chi connectivity index (χ2n) is 6.58. The normalized spacial score (nSPS) is 10.7. The van der Waals surface area contributed by atoms with Crippen LogP contribution in [-0.2, 0) is 12.8 Å². The third-order valence-corrected chi connectivity index (χ3v) is 4.64. The molecule has 132 valence electrons. The number of ether oxygens (including phenoxy) is 1. The van der Waals surface area contributed by atoms with E-state index in [1.807, 2.05) is 42.5 Å². The molecule has 0 radical (unpaired) electrons. The number of fused-ring (bicyclic) bond motifs is 1. The molecule has 2 heteroatoms. The number of hydrogen-bond donors (Lipinski definition) is 0. The Bertz CT molecular complexity index is 1050. The Morgan fingerprint density at radius 1 is 0.630 bits per heavy atom. The highest BCUT2D eigenvalue weighted by molar-refractivity contribution is 5.96. The molecule has 0 saturated carbocycles. The summed E-state index contributed by atoms with van der Waals surface area (Å²) in [6.07, 6.45) is 2.02. The molecule has 0 bridgehead atoms. The molecule has 0 heterocycles. The molecule has 27 heavy (non-hydrogen) atoms. The Hall–Kier alpha value is -3.39. The van der Waals surface area contributed by atoms with Crippen LogP contribution in [0.1, 0.15) is 21.5 Å². The number of hydrogen-bond acceptors (Lipinski definition) is 2. The van der Waals surface area contributed by atoms with Gasteiger partial charge in [0.1, 0.15) is 5.75 Å². The van der Waals surface area contributed by atoms with E-state index in [4.69, 9.17) is 4.74 Å². The van der Waals surface area contributed by atoms with Gasteiger partial charge in [-0.15, -0.1) is 0 Å². The van der Waals surface area contributed by atoms with Crippen molar-refractivity contribution in [3.05, 3.63) is 114 Å². The van der Waals surface area contributed by atoms with Gasteiger partial charge < -0.3 is 4.74 Å². The zero-order valence-corrected chi connectivity index (χ0v) is 15.0. The fourth-order valence-corrected chi connectivity index (χ4v) is 3.17. The van der Waals surface area contributed by atoms with Gasteiger partial charge in [0.25, 0.3) is 0 Å². The van der Waals surface area contributed by atoms with Crippen molar-refractivity contribution in [2.45, 2.75) is 12.8 Å². The lowest BCUT2D eigenvalue weighted by atomic mass is 10.00. The molecule has 0 saturated heterocycles. The summed E-state index contributed by atoms with van der Waals surface area (Å²) in [7, 11) is 0. The Morgan fingerprint density at radius 3 is 2.04 bits per heavy atom. The van der Waals surface area contributed by atoms with Crippen LogP contribution in [0.2, 0.25) is 0 Å². The van der Waals surface area contributed by atoms with Crippen molar-refractivity contribution < 1.29 is 9.53 Å². The van der Waals surface area contributed by atoms with Crippen molar-refractivity contribution in [1.82, 2.24) is 0 Å². The average Bonchev–Trinajstić information content (AvgIpc) is 2.73. The van der Waals surface area contributed by atoms with Gasteiger partial charge in [-0.1, -0.05) is 72.8 Å². The van der Waals surface area contributed by atoms with E-state index >= 15 is 0 Å². The largest absolute Gasteiger partial charge is 0.423 e. The Balaban J connectivity index is 1.49. The number of carbonyl (C=O) groups excluding carboxylic acids is 1. The highest BCUT2D eigenvalue weighted by atomic mass is 16.5. The monoisotopic (exact) mass is 352 g/mol. The van der Waals surface area contributed by atoms with Crippen LogP contribution in [0.3, 0.4) is 0 Å². The van der Waals surface area contributed by atoms with Gasteiger partial charge >= 0.3 is 5.97 Å². The lowest BCUT2D eigenvalue weighted by Gasteiger charge is -2.07. The van der Waals surface area contributed by atoms with E-state index in [-0.39, 0.29) is 5.97 Å². The van der Waals surface area contributed by atoms with Crippen LogP contribution >= 0.6 is 0 Å². The maximum absolute atomic E-state index is 12.4. The summed E-state index contributed by atoms with van der Waals surface area (Å²) in [6, 6.07) is 31.8. The number of esters is 1. The molecule has 0 aromatic heterocycles. The molecule has 0 spiro atoms. The van der Waals surface area contributed by atoms with Gasteiger partial charge in [-0.05, 0) is 59.0 Å². The van der Waals surface area contributed by atoms with E-state index in [1.54, 1.807) is 12.1 Å². The van der Waals surface area contributed by atoms with Gasteiger partial charge in [0.15, 0.2) is 0 Å². The highest BCUT2D eigenvalue weighted by Gasteiger charge is 2.09. The Kier molecular flexibility index (Phi) is 4.97. The lowest BCUT2D eigenvalue weighted by molar-refractivity contribution is 0.0735. The van der Waals surface area contributed by atoms with Crippen LogP contribution in [0, 0.1) is 0 Å². The first-order chi connectivity index (χ1) is 13.3. The Morgan fingerprint density at radius 2 is 1.26 bits per heavy atom. The van der Waals surface area contributed by atoms with Crippen molar-refractivity contribution in [1.29, 1.82) is 0 Å². The van der Waals surface area contributed by atoms with Crippen molar-refractivity contribution in [3.63, 3.8) is 0 Å². The van der Waals surface area contributed by atoms with Crippen LogP contribution in [-0.4, -0.2) is 5.97 Å². The number of aryl methyl sites for hydroxylation is 2. The molecule has 0 amide bonds. The number of benzene rings is 4. The maximum atomic E-state index is 12.4. The molecule has 0 N–H and O–H groups in total. The minimum Gasteiger partial charge on any atom is -0.423 e. The van der Waals surface area contributed by atoms with Gasteiger partial charge in [-0.25, -0.2) is 4.79 Å². The predicted octanol–water partition coefficient (Wildman–Crippen LogP) is 5.84. The van der Waals surface area contributed by atoms with E-state index in [0.29, 0.717) is 11.3 Å². The van der Waals surface area contributed by atoms with E-state index in [0.717, 1.165) is 23.6 Å². The highest BCUT2D eigenvalue weighted by Crippen LogP contribution is 2.20. The zero-order valence-electron chi connectivity index (χ0n) is 15.0. The molecule has 0 aliphatic carbocycles. The molecule has 4 rings (SSSR count). The fraction of sp³-hybridized carbons (Fsp3) is 0.0800. The number of carbonyl (C=O) groups is 1. The van der Waals surface area contributed by atoms with Crippen LogP contribution in [0.5, 0.6) is 5.75 Å². The molecule has 0 atom stereocenters. The molecule has 0 aliphatic rings. The molecule has 0 unspecified atom stereocenters. The summed E-state index contributed by atoms with van der Waals surface area (Å²) in [5.41, 5.74) is 3.20. The first kappa shape index (κ1) is 17.0. The zero-order chi connectivity index (χ0) is 18.5. The number of para-hydroxylation sites is 1. The lowest BCUT2D eigenvalue weighted by Crippen LogP contribution is -2.08. The molecule has 2 nitrogen and oxygen atoms in total. The van der Waals surface area contributed by atoms with Gasteiger partial charge in [-0.3, -0.25) is 0 Å². The average molecular weight is 352 g/mol. The first-order valence-electron chi connectivity index (χ1n) is 9.12. The summed E-state index contributed by atoms with van der Waals surface area (Å²) in [5, 5.41) is 2.18. The van der Waals surface area contributed by atoms with Crippen LogP contribution in [0.4, 0.5) is 0 Å². The van der Waals surface area contributed by atoms with Gasteiger partial charge in [-0.2, -0.15) is 0 Å². The van der Waals surface area contributed by atoms with E-state index in [2.05, 4.69) is 42.5 Å². The minimum absolute atomic E-state index is 0.337. The van der Waals surface area contributed by atoms with Crippen LogP contribution in [0.15, 0.2) is 97.1 Å². The quantitative estimate of drug-likeness (QED) is 0.333. The molecule has 0 fully saturated rings. The summed E-state index contributed by atoms with van der Waals surface area (Å²) >= 11 is 0. The second kappa shape index (κ2) is 7.88. The van der Waals surface area contributed by atoms with E-state index in [1.165, 1.54) is 11.1 Å². The van der Waals surface area contributed by atoms with Crippen molar-refractivity contribution in [3.8, 4) is 5.75 Å². The molecule has 0 aliphatic heterocycles. The summed E-state index contributed by atoms with van der Waals surface area (Å²) in [4.78, 5) is 12.4. The van der Waals surface area contributed by atoms with Crippen LogP contribution < -0.4 is 4.74 Å². The standard InChI is InChI=1S/C25H20O2/c26-25(27-24-9-5-2-6-10-24)23-16-15-21-17-20(13-14-22(21)18-23)12-11-19-7-3-1-4-8-19/h1-10,13-18H,11-12H2. The van der Waals surface area contributed by atoms with Crippen molar-refractivity contribution >= 4 is 16.7 Å². The first-order valence-corrected chi connectivity index (χ1v) is 9.12. The number of rotatable bonds is 5. The van der Waals surface area contributed by atoms with E-state index < -0.39 is 0 Å². The molecule has 4 aromatic carbocycles. The molecule has 4 aromatic rings. The molecular formula is C25H20O2. The third kappa shape index (κ3) is 4.24. The topological polar surface area (TPSA) is 26.3 Å². The third-order valence-electron chi connectivity index (χ3n) is 4.64. The summed E-state index contributed by atoms with van der Waals surface area (Å²) in [5.74, 6) is 0.218. The van der Waals surface area contributed by atoms with Crippen molar-refractivity contribution in [2.75, 3.05) is 0 Å². The summed E-state index contributed by atoms with van der Waals surface area (Å²) in [6.45, 7) is 0. The second-order valence-corrected chi connectivity index (χ2v) is 6.58. The SMILES string of the molecule is O=C(Oc1ccccc1)c1ccc2cc(CCc3ccccc3)ccc2c1.